The van der Waals surface area contributed by atoms with Crippen molar-refractivity contribution < 1.29 is 4.79 Å². The zero-order chi connectivity index (χ0) is 20.3. The number of nitrogens with one attached hydrogen (secondary N) is 1. The summed E-state index contributed by atoms with van der Waals surface area (Å²) in [5.41, 5.74) is 6.00. The van der Waals surface area contributed by atoms with Crippen LogP contribution in [0.25, 0.3) is 0 Å². The van der Waals surface area contributed by atoms with Crippen LogP contribution < -0.4 is 10.2 Å². The van der Waals surface area contributed by atoms with E-state index < -0.39 is 0 Å². The second kappa shape index (κ2) is 8.94. The Morgan fingerprint density at radius 1 is 1.11 bits per heavy atom. The molecule has 0 spiro atoms. The molecule has 1 fully saturated rings. The van der Waals surface area contributed by atoms with Crippen molar-refractivity contribution in [1.82, 2.24) is 5.32 Å². The normalized spacial score (nSPS) is 19.4. The summed E-state index contributed by atoms with van der Waals surface area (Å²) in [5.74, 6) is 2.61. The van der Waals surface area contributed by atoms with E-state index in [2.05, 4.69) is 75.2 Å². The van der Waals surface area contributed by atoms with Gasteiger partial charge in [-0.2, -0.15) is 0 Å². The molecule has 1 saturated carbocycles. The molecule has 1 aliphatic carbocycles. The Morgan fingerprint density at radius 2 is 1.82 bits per heavy atom. The zero-order valence-corrected chi connectivity index (χ0v) is 18.0. The van der Waals surface area contributed by atoms with Gasteiger partial charge in [-0.3, -0.25) is 0 Å². The zero-order valence-electron chi connectivity index (χ0n) is 18.0. The van der Waals surface area contributed by atoms with Gasteiger partial charge < -0.3 is 0 Å². The van der Waals surface area contributed by atoms with Crippen molar-refractivity contribution in [1.29, 1.82) is 0 Å². The van der Waals surface area contributed by atoms with E-state index in [9.17, 15) is 4.79 Å². The van der Waals surface area contributed by atoms with Crippen molar-refractivity contribution in [3.8, 4) is 0 Å². The van der Waals surface area contributed by atoms with Gasteiger partial charge in [0.15, 0.2) is 0 Å². The summed E-state index contributed by atoms with van der Waals surface area (Å²) in [6.07, 6.45) is 4.30. The summed E-state index contributed by atoms with van der Waals surface area (Å²) in [6.45, 7) is 10.6. The van der Waals surface area contributed by atoms with Crippen molar-refractivity contribution in [2.75, 3.05) is 11.9 Å². The van der Waals surface area contributed by atoms with Crippen LogP contribution in [-0.2, 0) is 0 Å². The average Bonchev–Trinajstić information content (AvgIpc) is 2.68. The van der Waals surface area contributed by atoms with Gasteiger partial charge in [0.05, 0.1) is 0 Å². The van der Waals surface area contributed by atoms with Crippen LogP contribution in [0.1, 0.15) is 72.4 Å². The molecule has 0 unspecified atom stereocenters. The maximum absolute atomic E-state index is 12.6. The third-order valence-corrected chi connectivity index (χ3v) is 6.15. The van der Waals surface area contributed by atoms with E-state index in [1.807, 2.05) is 13.0 Å². The first-order valence-corrected chi connectivity index (χ1v) is 10.6. The second-order valence-corrected chi connectivity index (χ2v) is 8.66. The average molecular weight is 376 g/mol. The Balaban J connectivity index is 1.54. The fourth-order valence-electron chi connectivity index (χ4n) is 4.29. The van der Waals surface area contributed by atoms with Gasteiger partial charge in [0, 0.05) is 0 Å². The summed E-state index contributed by atoms with van der Waals surface area (Å²) in [7, 11) is 2.21. The van der Waals surface area contributed by atoms with Gasteiger partial charge in [0.2, 0.25) is 0 Å². The van der Waals surface area contributed by atoms with Gasteiger partial charge in [0.25, 0.3) is 0 Å². The van der Waals surface area contributed by atoms with Crippen LogP contribution in [0, 0.1) is 13.8 Å². The van der Waals surface area contributed by atoms with Crippen LogP contribution in [0.5, 0.6) is 0 Å². The summed E-state index contributed by atoms with van der Waals surface area (Å²) in [6, 6.07) is 11.5. The molecule has 2 aromatic rings. The number of benzene rings is 1. The van der Waals surface area contributed by atoms with Crippen molar-refractivity contribution in [2.24, 2.45) is 0 Å². The van der Waals surface area contributed by atoms with E-state index in [1.165, 1.54) is 22.4 Å². The monoisotopic (exact) mass is 376 g/mol. The fourth-order valence-corrected chi connectivity index (χ4v) is 4.29. The molecular formula is C24H33BN2O. The molecule has 1 N–H and O–H groups in total. The number of aryl methyl sites for hydroxylation is 2. The number of rotatable bonds is 5. The number of anilines is 1. The quantitative estimate of drug-likeness (QED) is 0.802. The van der Waals surface area contributed by atoms with Crippen molar-refractivity contribution in [2.45, 2.75) is 71.4 Å². The number of carbonyl (C=O) groups is 1. The second-order valence-electron chi connectivity index (χ2n) is 8.66. The van der Waals surface area contributed by atoms with Gasteiger partial charge in [0.1, 0.15) is 0 Å². The summed E-state index contributed by atoms with van der Waals surface area (Å²) >= 11 is 0. The standard InChI is InChI=1S/C24H33BN2O/c1-16(2)19-7-12-22(25-15-19)24(28)26-20-8-10-21(11-9-20)27(5)23-13-6-17(3)14-18(23)4/h6-7,12-16,20-21H,8-11H2,1-5H3,(H,26,28). The number of nitrogens with zero attached hydrogens (tertiary/aromatic N) is 1. The molecule has 1 amide bonds. The van der Waals surface area contributed by atoms with Gasteiger partial charge in [-0.1, -0.05) is 0 Å². The predicted molar refractivity (Wildman–Crippen MR) is 120 cm³/mol. The molecule has 148 valence electrons. The topological polar surface area (TPSA) is 32.3 Å². The van der Waals surface area contributed by atoms with Crippen molar-refractivity contribution in [3.63, 3.8) is 0 Å². The molecule has 1 aliphatic rings. The third-order valence-electron chi connectivity index (χ3n) is 6.15. The molecule has 0 bridgehead atoms. The molecule has 0 aliphatic heterocycles. The minimum absolute atomic E-state index is 0.0569. The van der Waals surface area contributed by atoms with Crippen molar-refractivity contribution >= 4 is 18.5 Å². The number of carbonyl (C=O) groups excluding carboxylic acids is 1. The van der Waals surface area contributed by atoms with Gasteiger partial charge in [-0.25, -0.2) is 0 Å². The van der Waals surface area contributed by atoms with E-state index in [1.54, 1.807) is 0 Å². The van der Waals surface area contributed by atoms with E-state index in [0.29, 0.717) is 12.0 Å². The first-order valence-electron chi connectivity index (χ1n) is 10.6. The van der Waals surface area contributed by atoms with Gasteiger partial charge in [-0.05, 0) is 6.92 Å². The Labute approximate surface area is 170 Å². The molecule has 1 aromatic carbocycles. The first-order chi connectivity index (χ1) is 13.3. The molecule has 3 rings (SSSR count). The molecule has 1 heterocycles. The summed E-state index contributed by atoms with van der Waals surface area (Å²) in [5, 5.41) is 3.24. The molecule has 1 aromatic heterocycles. The number of hydrogen-bond donors (Lipinski definition) is 1. The van der Waals surface area contributed by atoms with Crippen LogP contribution >= 0.6 is 0 Å². The van der Waals surface area contributed by atoms with E-state index >= 15 is 0 Å². The summed E-state index contributed by atoms with van der Waals surface area (Å²) < 4.78 is 0. The van der Waals surface area contributed by atoms with Gasteiger partial charge in [-0.15, -0.1) is 0 Å². The molecule has 0 atom stereocenters. The SMILES string of the molecule is Cc1ccc(N(C)C2CCC(NC(=O)c3bcc(C(C)C)cc3)CC2)c(C)c1. The molecule has 0 saturated heterocycles. The van der Waals surface area contributed by atoms with Gasteiger partial charge >= 0.3 is 163 Å². The first kappa shape index (κ1) is 20.6. The van der Waals surface area contributed by atoms with Crippen LogP contribution in [0.4, 0.5) is 5.69 Å². The summed E-state index contributed by atoms with van der Waals surface area (Å²) in [4.78, 5) is 15.0. The van der Waals surface area contributed by atoms with Crippen LogP contribution in [0.3, 0.4) is 0 Å². The fraction of sp³-hybridized carbons (Fsp3) is 0.500. The molecule has 28 heavy (non-hydrogen) atoms. The Bertz CT molecular complexity index is 808. The molecule has 0 radical (unpaired) electrons. The third kappa shape index (κ3) is 4.84. The Hall–Kier alpha value is -2.10. The Morgan fingerprint density at radius 3 is 2.39 bits per heavy atom. The van der Waals surface area contributed by atoms with Crippen LogP contribution in [0.15, 0.2) is 36.3 Å². The van der Waals surface area contributed by atoms with E-state index in [0.717, 1.165) is 31.1 Å². The van der Waals surface area contributed by atoms with Crippen LogP contribution in [-0.4, -0.2) is 31.9 Å². The van der Waals surface area contributed by atoms with E-state index in [-0.39, 0.29) is 11.9 Å². The predicted octanol–water partition coefficient (Wildman–Crippen LogP) is 4.94. The van der Waals surface area contributed by atoms with E-state index in [4.69, 9.17) is 0 Å². The molecule has 3 nitrogen and oxygen atoms in total. The van der Waals surface area contributed by atoms with Crippen LogP contribution in [0.2, 0.25) is 0 Å². The maximum atomic E-state index is 12.6. The van der Waals surface area contributed by atoms with Crippen molar-refractivity contribution in [3.05, 3.63) is 58.4 Å². The molecular weight excluding hydrogens is 343 g/mol. The number of amides is 1. The Kier molecular flexibility index (Phi) is 6.59. The minimum atomic E-state index is 0.0569. The molecule has 4 heteroatoms. The number of hydrogen-bond acceptors (Lipinski definition) is 2.